The van der Waals surface area contributed by atoms with Crippen LogP contribution >= 0.6 is 0 Å². The molecule has 0 radical (unpaired) electrons. The summed E-state index contributed by atoms with van der Waals surface area (Å²) in [5, 5.41) is 12.1. The van der Waals surface area contributed by atoms with E-state index in [1.165, 1.54) is 0 Å². The van der Waals surface area contributed by atoms with Gasteiger partial charge >= 0.3 is 0 Å². The van der Waals surface area contributed by atoms with Gasteiger partial charge in [-0.1, -0.05) is 19.1 Å². The van der Waals surface area contributed by atoms with Crippen molar-refractivity contribution in [1.29, 1.82) is 0 Å². The third kappa shape index (κ3) is 4.90. The van der Waals surface area contributed by atoms with Gasteiger partial charge < -0.3 is 9.30 Å². The number of tetrazole rings is 1. The standard InChI is InChI=1S/C23H31N7O3S/c1-5-8-20-25-21-22(16(2)17(3)30-23(21)26-27-28-30)29(20)13-6-7-14-34(31,32)24-15-18-9-11-19(33-4)12-10-18/h9-12,24H,5-8,13-15H2,1-4H3. The number of sulfonamides is 1. The van der Waals surface area contributed by atoms with Gasteiger partial charge in [0.1, 0.15) is 17.1 Å². The summed E-state index contributed by atoms with van der Waals surface area (Å²) in [6, 6.07) is 7.35. The highest BCUT2D eigenvalue weighted by Gasteiger charge is 2.20. The summed E-state index contributed by atoms with van der Waals surface area (Å²) in [6.45, 7) is 7.13. The van der Waals surface area contributed by atoms with Crippen LogP contribution in [0.4, 0.5) is 0 Å². The average Bonchev–Trinajstić information content (AvgIpc) is 3.45. The number of aromatic nitrogens is 6. The summed E-state index contributed by atoms with van der Waals surface area (Å²) in [5.74, 6) is 1.80. The summed E-state index contributed by atoms with van der Waals surface area (Å²) < 4.78 is 36.8. The van der Waals surface area contributed by atoms with Crippen molar-refractivity contribution in [2.75, 3.05) is 12.9 Å². The van der Waals surface area contributed by atoms with Crippen LogP contribution in [0, 0.1) is 13.8 Å². The number of ether oxygens (including phenoxy) is 1. The normalized spacial score (nSPS) is 12.1. The van der Waals surface area contributed by atoms with E-state index in [4.69, 9.17) is 9.72 Å². The topological polar surface area (TPSA) is 116 Å². The SMILES string of the molecule is CCCc1nc2c(c(C)c(C)n3nnnc23)n1CCCCS(=O)(=O)NCc1ccc(OC)cc1. The van der Waals surface area contributed by atoms with Crippen LogP contribution in [0.25, 0.3) is 16.7 Å². The molecule has 0 aliphatic rings. The van der Waals surface area contributed by atoms with E-state index in [0.29, 0.717) is 18.6 Å². The molecule has 1 N–H and O–H groups in total. The van der Waals surface area contributed by atoms with Crippen molar-refractivity contribution < 1.29 is 13.2 Å². The first-order chi connectivity index (χ1) is 16.3. The molecule has 0 saturated carbocycles. The summed E-state index contributed by atoms with van der Waals surface area (Å²) in [7, 11) is -1.77. The Bertz CT molecular complexity index is 1390. The number of hydrogen-bond donors (Lipinski definition) is 1. The van der Waals surface area contributed by atoms with Gasteiger partial charge in [-0.3, -0.25) is 0 Å². The highest BCUT2D eigenvalue weighted by molar-refractivity contribution is 7.89. The maximum atomic E-state index is 12.5. The van der Waals surface area contributed by atoms with Crippen molar-refractivity contribution in [1.82, 2.24) is 34.3 Å². The largest absolute Gasteiger partial charge is 0.497 e. The second-order valence-electron chi connectivity index (χ2n) is 8.45. The number of hydrogen-bond acceptors (Lipinski definition) is 7. The fourth-order valence-electron chi connectivity index (χ4n) is 4.15. The number of benzene rings is 1. The quantitative estimate of drug-likeness (QED) is 0.325. The molecule has 3 heterocycles. The Morgan fingerprint density at radius 3 is 2.59 bits per heavy atom. The molecule has 4 rings (SSSR count). The van der Waals surface area contributed by atoms with Crippen molar-refractivity contribution in [3.8, 4) is 5.75 Å². The van der Waals surface area contributed by atoms with Crippen molar-refractivity contribution >= 4 is 26.7 Å². The van der Waals surface area contributed by atoms with E-state index in [0.717, 1.165) is 58.7 Å². The van der Waals surface area contributed by atoms with Gasteiger partial charge in [0.05, 0.1) is 18.4 Å². The van der Waals surface area contributed by atoms with Crippen LogP contribution in [-0.4, -0.2) is 50.9 Å². The monoisotopic (exact) mass is 485 g/mol. The molecule has 0 fully saturated rings. The molecule has 0 spiro atoms. The Labute approximate surface area is 199 Å². The van der Waals surface area contributed by atoms with Gasteiger partial charge in [-0.15, -0.1) is 5.10 Å². The van der Waals surface area contributed by atoms with Crippen LogP contribution < -0.4 is 9.46 Å². The molecule has 34 heavy (non-hydrogen) atoms. The minimum absolute atomic E-state index is 0.0786. The molecule has 0 atom stereocenters. The first-order valence-electron chi connectivity index (χ1n) is 11.5. The number of fused-ring (bicyclic) bond motifs is 3. The van der Waals surface area contributed by atoms with E-state index < -0.39 is 10.0 Å². The Hall–Kier alpha value is -3.05. The average molecular weight is 486 g/mol. The minimum Gasteiger partial charge on any atom is -0.497 e. The smallest absolute Gasteiger partial charge is 0.211 e. The first kappa shape index (κ1) is 24.1. The summed E-state index contributed by atoms with van der Waals surface area (Å²) >= 11 is 0. The molecule has 0 aliphatic heterocycles. The second kappa shape index (κ2) is 10.1. The number of rotatable bonds is 11. The second-order valence-corrected chi connectivity index (χ2v) is 10.4. The predicted octanol–water partition coefficient (Wildman–Crippen LogP) is 2.95. The van der Waals surface area contributed by atoms with E-state index in [2.05, 4.69) is 38.7 Å². The lowest BCUT2D eigenvalue weighted by Gasteiger charge is -2.12. The molecule has 0 unspecified atom stereocenters. The van der Waals surface area contributed by atoms with Gasteiger partial charge in [0, 0.05) is 25.2 Å². The lowest BCUT2D eigenvalue weighted by atomic mass is 10.2. The highest BCUT2D eigenvalue weighted by atomic mass is 32.2. The molecular weight excluding hydrogens is 454 g/mol. The number of aryl methyl sites for hydroxylation is 4. The zero-order valence-corrected chi connectivity index (χ0v) is 20.9. The number of methoxy groups -OCH3 is 1. The highest BCUT2D eigenvalue weighted by Crippen LogP contribution is 2.27. The number of nitrogens with one attached hydrogen (secondary N) is 1. The fraction of sp³-hybridized carbons (Fsp3) is 0.478. The third-order valence-corrected chi connectivity index (χ3v) is 7.53. The van der Waals surface area contributed by atoms with Gasteiger partial charge in [0.15, 0.2) is 0 Å². The Morgan fingerprint density at radius 2 is 1.88 bits per heavy atom. The van der Waals surface area contributed by atoms with Crippen LogP contribution in [0.2, 0.25) is 0 Å². The van der Waals surface area contributed by atoms with Gasteiger partial charge in [0.2, 0.25) is 15.7 Å². The maximum Gasteiger partial charge on any atom is 0.211 e. The predicted molar refractivity (Wildman–Crippen MR) is 130 cm³/mol. The molecule has 0 amide bonds. The van der Waals surface area contributed by atoms with Gasteiger partial charge in [-0.25, -0.2) is 18.1 Å². The van der Waals surface area contributed by atoms with E-state index in [-0.39, 0.29) is 12.3 Å². The number of pyridine rings is 1. The van der Waals surface area contributed by atoms with Gasteiger partial charge in [-0.05, 0) is 66.8 Å². The zero-order valence-electron chi connectivity index (χ0n) is 20.1. The molecule has 0 aliphatic carbocycles. The number of nitrogens with zero attached hydrogens (tertiary/aromatic N) is 6. The maximum absolute atomic E-state index is 12.5. The molecular formula is C23H31N7O3S. The summed E-state index contributed by atoms with van der Waals surface area (Å²) in [6.07, 6.45) is 3.07. The zero-order chi connectivity index (χ0) is 24.3. The lowest BCUT2D eigenvalue weighted by molar-refractivity contribution is 0.414. The van der Waals surface area contributed by atoms with E-state index in [1.54, 1.807) is 11.6 Å². The lowest BCUT2D eigenvalue weighted by Crippen LogP contribution is -2.26. The third-order valence-electron chi connectivity index (χ3n) is 6.12. The Balaban J connectivity index is 1.43. The van der Waals surface area contributed by atoms with E-state index in [1.807, 2.05) is 31.2 Å². The number of unbranched alkanes of at least 4 members (excludes halogenated alkanes) is 1. The minimum atomic E-state index is -3.37. The first-order valence-corrected chi connectivity index (χ1v) is 13.2. The molecule has 3 aromatic heterocycles. The molecule has 182 valence electrons. The van der Waals surface area contributed by atoms with Crippen molar-refractivity contribution in [3.05, 3.63) is 46.9 Å². The van der Waals surface area contributed by atoms with E-state index in [9.17, 15) is 8.42 Å². The van der Waals surface area contributed by atoms with Crippen LogP contribution in [0.15, 0.2) is 24.3 Å². The van der Waals surface area contributed by atoms with E-state index >= 15 is 0 Å². The van der Waals surface area contributed by atoms with Crippen molar-refractivity contribution in [2.24, 2.45) is 0 Å². The molecule has 11 heteroatoms. The summed E-state index contributed by atoms with van der Waals surface area (Å²) in [4.78, 5) is 4.87. The molecule has 0 saturated heterocycles. The Kier molecular flexibility index (Phi) is 7.13. The summed E-state index contributed by atoms with van der Waals surface area (Å²) in [5.41, 5.74) is 5.42. The van der Waals surface area contributed by atoms with Crippen molar-refractivity contribution in [2.45, 2.75) is 59.5 Å². The van der Waals surface area contributed by atoms with Crippen LogP contribution in [0.5, 0.6) is 5.75 Å². The van der Waals surface area contributed by atoms with Gasteiger partial charge in [-0.2, -0.15) is 4.52 Å². The number of imidazole rings is 1. The van der Waals surface area contributed by atoms with Crippen LogP contribution in [0.1, 0.15) is 48.8 Å². The van der Waals surface area contributed by atoms with Crippen LogP contribution in [-0.2, 0) is 29.5 Å². The molecule has 1 aromatic carbocycles. The van der Waals surface area contributed by atoms with Crippen LogP contribution in [0.3, 0.4) is 0 Å². The van der Waals surface area contributed by atoms with Gasteiger partial charge in [0.25, 0.3) is 0 Å². The van der Waals surface area contributed by atoms with Crippen molar-refractivity contribution in [3.63, 3.8) is 0 Å². The molecule has 10 nitrogen and oxygen atoms in total. The fourth-order valence-corrected chi connectivity index (χ4v) is 5.27. The molecule has 4 aromatic rings. The Morgan fingerprint density at radius 1 is 1.12 bits per heavy atom. The molecule has 0 bridgehead atoms.